The molecule has 0 radical (unpaired) electrons. The van der Waals surface area contributed by atoms with E-state index in [4.69, 9.17) is 4.42 Å². The lowest BCUT2D eigenvalue weighted by atomic mass is 10.3. The van der Waals surface area contributed by atoms with Crippen LogP contribution in [0.3, 0.4) is 0 Å². The Hall–Kier alpha value is -2.64. The summed E-state index contributed by atoms with van der Waals surface area (Å²) in [5.74, 6) is 0.0121. The van der Waals surface area contributed by atoms with Crippen LogP contribution in [0.5, 0.6) is 0 Å². The molecule has 1 fully saturated rings. The molecule has 2 amide bonds. The lowest BCUT2D eigenvalue weighted by Gasteiger charge is -2.20. The van der Waals surface area contributed by atoms with Crippen molar-refractivity contribution in [2.45, 2.75) is 6.42 Å². The van der Waals surface area contributed by atoms with E-state index in [0.29, 0.717) is 37.6 Å². The third-order valence-electron chi connectivity index (χ3n) is 3.44. The van der Waals surface area contributed by atoms with Gasteiger partial charge in [-0.05, 0) is 18.6 Å². The van der Waals surface area contributed by atoms with E-state index in [-0.39, 0.29) is 11.8 Å². The van der Waals surface area contributed by atoms with E-state index in [1.165, 1.54) is 12.5 Å². The SMILES string of the molecule is O=C(c1cn[nH]n1)N1CCCN(C(=O)c2ccco2)CC1. The number of carbonyl (C=O) groups is 2. The largest absolute Gasteiger partial charge is 0.459 e. The van der Waals surface area contributed by atoms with Gasteiger partial charge < -0.3 is 14.2 Å². The first-order valence-corrected chi connectivity index (χ1v) is 6.73. The lowest BCUT2D eigenvalue weighted by molar-refractivity contribution is 0.0698. The van der Waals surface area contributed by atoms with Crippen molar-refractivity contribution in [3.05, 3.63) is 36.0 Å². The molecule has 0 aromatic carbocycles. The number of aromatic amines is 1. The molecule has 0 spiro atoms. The van der Waals surface area contributed by atoms with E-state index in [0.717, 1.165) is 6.42 Å². The highest BCUT2D eigenvalue weighted by molar-refractivity contribution is 5.93. The van der Waals surface area contributed by atoms with Crippen LogP contribution in [-0.4, -0.2) is 63.2 Å². The Morgan fingerprint density at radius 2 is 1.90 bits per heavy atom. The van der Waals surface area contributed by atoms with Gasteiger partial charge >= 0.3 is 0 Å². The van der Waals surface area contributed by atoms with Gasteiger partial charge in [-0.1, -0.05) is 0 Å². The maximum Gasteiger partial charge on any atom is 0.289 e. The van der Waals surface area contributed by atoms with Gasteiger partial charge in [0.2, 0.25) is 0 Å². The van der Waals surface area contributed by atoms with E-state index in [1.807, 2.05) is 0 Å². The molecular weight excluding hydrogens is 274 g/mol. The van der Waals surface area contributed by atoms with E-state index in [2.05, 4.69) is 15.4 Å². The fourth-order valence-corrected chi connectivity index (χ4v) is 2.35. The van der Waals surface area contributed by atoms with Gasteiger partial charge in [0.25, 0.3) is 11.8 Å². The Kier molecular flexibility index (Phi) is 3.67. The maximum absolute atomic E-state index is 12.2. The number of rotatable bonds is 2. The Morgan fingerprint density at radius 1 is 1.14 bits per heavy atom. The van der Waals surface area contributed by atoms with Crippen LogP contribution < -0.4 is 0 Å². The predicted molar refractivity (Wildman–Crippen MR) is 71.5 cm³/mol. The smallest absolute Gasteiger partial charge is 0.289 e. The summed E-state index contributed by atoms with van der Waals surface area (Å²) < 4.78 is 5.13. The number of hydrogen-bond donors (Lipinski definition) is 1. The van der Waals surface area contributed by atoms with Crippen LogP contribution in [0.1, 0.15) is 27.5 Å². The molecule has 0 bridgehead atoms. The Morgan fingerprint density at radius 3 is 2.52 bits per heavy atom. The van der Waals surface area contributed by atoms with Gasteiger partial charge in [-0.3, -0.25) is 9.59 Å². The van der Waals surface area contributed by atoms with Crippen LogP contribution in [0.25, 0.3) is 0 Å². The number of nitrogens with one attached hydrogen (secondary N) is 1. The summed E-state index contributed by atoms with van der Waals surface area (Å²) in [5.41, 5.74) is 0.292. The Balaban J connectivity index is 1.64. The fourth-order valence-electron chi connectivity index (χ4n) is 2.35. The molecule has 0 aliphatic carbocycles. The maximum atomic E-state index is 12.2. The van der Waals surface area contributed by atoms with E-state index in [9.17, 15) is 9.59 Å². The van der Waals surface area contributed by atoms with Gasteiger partial charge in [-0.25, -0.2) is 0 Å². The quantitative estimate of drug-likeness (QED) is 0.862. The van der Waals surface area contributed by atoms with Gasteiger partial charge in [0.1, 0.15) is 0 Å². The average Bonchev–Trinajstić information content (AvgIpc) is 3.15. The average molecular weight is 289 g/mol. The molecule has 1 aliphatic heterocycles. The predicted octanol–water partition coefficient (Wildman–Crippen LogP) is 0.386. The van der Waals surface area contributed by atoms with Crippen molar-refractivity contribution in [1.29, 1.82) is 0 Å². The zero-order chi connectivity index (χ0) is 14.7. The molecule has 8 heteroatoms. The Bertz CT molecular complexity index is 554. The second-order valence-electron chi connectivity index (χ2n) is 4.77. The molecule has 1 N–H and O–H groups in total. The van der Waals surface area contributed by atoms with Crippen LogP contribution in [0.2, 0.25) is 0 Å². The number of furan rings is 1. The van der Waals surface area contributed by atoms with Crippen LogP contribution in [0.4, 0.5) is 0 Å². The molecular formula is C13H15N5O3. The van der Waals surface area contributed by atoms with Crippen molar-refractivity contribution in [3.63, 3.8) is 0 Å². The number of carbonyl (C=O) groups excluding carboxylic acids is 2. The fraction of sp³-hybridized carbons (Fsp3) is 0.385. The van der Waals surface area contributed by atoms with Crippen molar-refractivity contribution < 1.29 is 14.0 Å². The normalized spacial score (nSPS) is 15.8. The van der Waals surface area contributed by atoms with E-state index in [1.54, 1.807) is 21.9 Å². The minimum Gasteiger partial charge on any atom is -0.459 e. The summed E-state index contributed by atoms with van der Waals surface area (Å²) >= 11 is 0. The number of H-pyrrole nitrogens is 1. The standard InChI is InChI=1S/C13H15N5O3/c19-12(10-9-14-16-15-10)17-4-2-5-18(7-6-17)13(20)11-3-1-8-21-11/h1,3,8-9H,2,4-7H2,(H,14,15,16). The second kappa shape index (κ2) is 5.78. The number of nitrogens with zero attached hydrogens (tertiary/aromatic N) is 4. The molecule has 110 valence electrons. The summed E-state index contributed by atoms with van der Waals surface area (Å²) in [4.78, 5) is 27.8. The lowest BCUT2D eigenvalue weighted by Crippen LogP contribution is -2.37. The summed E-state index contributed by atoms with van der Waals surface area (Å²) in [6, 6.07) is 3.33. The second-order valence-corrected chi connectivity index (χ2v) is 4.77. The van der Waals surface area contributed by atoms with Gasteiger partial charge in [0.05, 0.1) is 12.5 Å². The van der Waals surface area contributed by atoms with E-state index < -0.39 is 0 Å². The van der Waals surface area contributed by atoms with E-state index >= 15 is 0 Å². The first-order valence-electron chi connectivity index (χ1n) is 6.73. The Labute approximate surface area is 120 Å². The summed E-state index contributed by atoms with van der Waals surface area (Å²) in [6.45, 7) is 2.14. The van der Waals surface area contributed by atoms with Crippen molar-refractivity contribution >= 4 is 11.8 Å². The zero-order valence-electron chi connectivity index (χ0n) is 11.4. The molecule has 0 saturated carbocycles. The first kappa shape index (κ1) is 13.3. The summed E-state index contributed by atoms with van der Waals surface area (Å²) in [7, 11) is 0. The molecule has 3 heterocycles. The minimum absolute atomic E-state index is 0.143. The molecule has 2 aromatic heterocycles. The van der Waals surface area contributed by atoms with Crippen LogP contribution >= 0.6 is 0 Å². The van der Waals surface area contributed by atoms with Gasteiger partial charge in [-0.15, -0.1) is 0 Å². The topological polar surface area (TPSA) is 95.3 Å². The highest BCUT2D eigenvalue weighted by Gasteiger charge is 2.25. The minimum atomic E-state index is -0.170. The summed E-state index contributed by atoms with van der Waals surface area (Å²) in [5, 5.41) is 9.86. The number of amides is 2. The summed E-state index contributed by atoms with van der Waals surface area (Å²) in [6.07, 6.45) is 3.60. The number of aromatic nitrogens is 3. The zero-order valence-corrected chi connectivity index (χ0v) is 11.4. The third-order valence-corrected chi connectivity index (χ3v) is 3.44. The molecule has 1 aliphatic rings. The van der Waals surface area contributed by atoms with Gasteiger partial charge in [-0.2, -0.15) is 15.4 Å². The molecule has 21 heavy (non-hydrogen) atoms. The third kappa shape index (κ3) is 2.78. The molecule has 8 nitrogen and oxygen atoms in total. The molecule has 0 unspecified atom stereocenters. The van der Waals surface area contributed by atoms with Crippen molar-refractivity contribution in [3.8, 4) is 0 Å². The van der Waals surface area contributed by atoms with Crippen molar-refractivity contribution in [2.75, 3.05) is 26.2 Å². The van der Waals surface area contributed by atoms with Crippen LogP contribution in [-0.2, 0) is 0 Å². The number of hydrogen-bond acceptors (Lipinski definition) is 5. The molecule has 1 saturated heterocycles. The van der Waals surface area contributed by atoms with Crippen molar-refractivity contribution in [2.24, 2.45) is 0 Å². The molecule has 0 atom stereocenters. The highest BCUT2D eigenvalue weighted by Crippen LogP contribution is 2.11. The monoisotopic (exact) mass is 289 g/mol. The molecule has 2 aromatic rings. The van der Waals surface area contributed by atoms with Crippen LogP contribution in [0.15, 0.2) is 29.0 Å². The highest BCUT2D eigenvalue weighted by atomic mass is 16.3. The molecule has 3 rings (SSSR count). The van der Waals surface area contributed by atoms with Crippen molar-refractivity contribution in [1.82, 2.24) is 25.2 Å². The van der Waals surface area contributed by atoms with Gasteiger partial charge in [0.15, 0.2) is 11.5 Å². The van der Waals surface area contributed by atoms with Gasteiger partial charge in [0, 0.05) is 26.2 Å². The van der Waals surface area contributed by atoms with Crippen LogP contribution in [0, 0.1) is 0 Å². The first-order chi connectivity index (χ1) is 10.3.